The van der Waals surface area contributed by atoms with Crippen LogP contribution in [0.4, 0.5) is 16.2 Å². The number of hydrogen-bond donors (Lipinski definition) is 2. The molecule has 10 heteroatoms. The van der Waals surface area contributed by atoms with Gasteiger partial charge in [-0.15, -0.1) is 4.99 Å². The molecular formula is C20H22N5O5+. The predicted octanol–water partition coefficient (Wildman–Crippen LogP) is 1.21. The normalized spacial score (nSPS) is 18.0. The van der Waals surface area contributed by atoms with Crippen molar-refractivity contribution < 1.29 is 28.5 Å². The number of benzene rings is 1. The fourth-order valence-electron chi connectivity index (χ4n) is 3.15. The van der Waals surface area contributed by atoms with Gasteiger partial charge in [-0.3, -0.25) is 14.4 Å². The maximum absolute atomic E-state index is 13.0. The van der Waals surface area contributed by atoms with Crippen LogP contribution in [0.3, 0.4) is 0 Å². The number of allylic oxidation sites excluding steroid dienone is 1. The highest BCUT2D eigenvalue weighted by Crippen LogP contribution is 2.25. The number of amidine groups is 1. The van der Waals surface area contributed by atoms with Crippen molar-refractivity contribution in [3.63, 3.8) is 0 Å². The number of carbonyl (C=O) groups is 4. The summed E-state index contributed by atoms with van der Waals surface area (Å²) in [5.74, 6) is -1.54. The number of fused-ring (bicyclic) bond motifs is 1. The van der Waals surface area contributed by atoms with E-state index in [2.05, 4.69) is 15.6 Å². The van der Waals surface area contributed by atoms with Crippen molar-refractivity contribution >= 4 is 47.2 Å². The highest BCUT2D eigenvalue weighted by atomic mass is 16.5. The Labute approximate surface area is 172 Å². The summed E-state index contributed by atoms with van der Waals surface area (Å²) in [4.78, 5) is 54.2. The fourth-order valence-corrected chi connectivity index (χ4v) is 3.15. The third-order valence-corrected chi connectivity index (χ3v) is 4.46. The van der Waals surface area contributed by atoms with Crippen LogP contribution in [0, 0.1) is 5.92 Å². The lowest BCUT2D eigenvalue weighted by Crippen LogP contribution is -2.56. The molecule has 2 N–H and O–H groups in total. The van der Waals surface area contributed by atoms with Crippen molar-refractivity contribution in [3.05, 3.63) is 36.1 Å². The van der Waals surface area contributed by atoms with Crippen LogP contribution in [-0.4, -0.2) is 65.5 Å². The zero-order valence-electron chi connectivity index (χ0n) is 16.8. The van der Waals surface area contributed by atoms with Gasteiger partial charge < -0.3 is 15.4 Å². The number of urea groups is 1. The molecule has 0 radical (unpaired) electrons. The van der Waals surface area contributed by atoms with Crippen LogP contribution < -0.4 is 10.6 Å². The van der Waals surface area contributed by atoms with Crippen LogP contribution in [-0.2, 0) is 19.1 Å². The van der Waals surface area contributed by atoms with Crippen LogP contribution in [0.25, 0.3) is 0 Å². The first-order chi connectivity index (χ1) is 14.3. The first-order valence-corrected chi connectivity index (χ1v) is 9.32. The molecule has 1 unspecified atom stereocenters. The molecule has 2 aliphatic rings. The first-order valence-electron chi connectivity index (χ1n) is 9.32. The second-order valence-corrected chi connectivity index (χ2v) is 6.64. The minimum absolute atomic E-state index is 0.207. The van der Waals surface area contributed by atoms with Gasteiger partial charge in [0.05, 0.1) is 13.7 Å². The van der Waals surface area contributed by atoms with Gasteiger partial charge in [-0.25, -0.2) is 4.79 Å². The summed E-state index contributed by atoms with van der Waals surface area (Å²) in [6, 6.07) is 5.82. The Morgan fingerprint density at radius 3 is 2.40 bits per heavy atom. The molecule has 0 aliphatic carbocycles. The lowest BCUT2D eigenvalue weighted by molar-refractivity contribution is -0.408. The number of carbonyl (C=O) groups excluding carboxylic acids is 4. The summed E-state index contributed by atoms with van der Waals surface area (Å²) in [5.41, 5.74) is 1.04. The molecule has 0 aromatic heterocycles. The van der Waals surface area contributed by atoms with E-state index in [0.717, 1.165) is 4.90 Å². The standard InChI is InChI=1S/C20H21N5O5/c1-4-30-15-9-10-21-18-17(15)19(28)25(20(29)24(18)3)11-16(27)23-14-7-5-13(6-8-14)22-12(2)26/h5-10,17H,4,11H2,1-3H3,(H-,22,23,26,27)/p+1. The second kappa shape index (κ2) is 8.68. The topological polar surface area (TPSA) is 120 Å². The van der Waals surface area contributed by atoms with Crippen molar-refractivity contribution in [2.24, 2.45) is 10.9 Å². The number of amides is 5. The van der Waals surface area contributed by atoms with Gasteiger partial charge >= 0.3 is 11.9 Å². The summed E-state index contributed by atoms with van der Waals surface area (Å²) in [6.07, 6.45) is 3.05. The quantitative estimate of drug-likeness (QED) is 0.681. The van der Waals surface area contributed by atoms with E-state index in [1.54, 1.807) is 37.3 Å². The Balaban J connectivity index is 1.74. The molecule has 1 aromatic rings. The van der Waals surface area contributed by atoms with Crippen molar-refractivity contribution in [1.29, 1.82) is 0 Å². The predicted molar refractivity (Wildman–Crippen MR) is 109 cm³/mol. The summed E-state index contributed by atoms with van der Waals surface area (Å²) in [7, 11) is 1.50. The molecule has 10 nitrogen and oxygen atoms in total. The Morgan fingerprint density at radius 1 is 1.17 bits per heavy atom. The number of rotatable bonds is 6. The van der Waals surface area contributed by atoms with Gasteiger partial charge in [-0.05, 0) is 31.2 Å². The van der Waals surface area contributed by atoms with Crippen LogP contribution in [0.1, 0.15) is 13.8 Å². The van der Waals surface area contributed by atoms with Gasteiger partial charge in [-0.1, -0.05) is 0 Å². The minimum atomic E-state index is -0.873. The maximum Gasteiger partial charge on any atom is 0.446 e. The van der Waals surface area contributed by atoms with E-state index in [9.17, 15) is 19.2 Å². The van der Waals surface area contributed by atoms with Gasteiger partial charge in [0, 0.05) is 24.4 Å². The highest BCUT2D eigenvalue weighted by molar-refractivity contribution is 6.16. The number of hydrogen-bond acceptors (Lipinski definition) is 6. The van der Waals surface area contributed by atoms with Crippen LogP contribution in [0.15, 0.2) is 41.1 Å². The second-order valence-electron chi connectivity index (χ2n) is 6.64. The van der Waals surface area contributed by atoms with E-state index >= 15 is 0 Å². The Kier molecular flexibility index (Phi) is 6.05. The first kappa shape index (κ1) is 20.9. The van der Waals surface area contributed by atoms with Gasteiger partial charge in [0.15, 0.2) is 12.5 Å². The summed E-state index contributed by atoms with van der Waals surface area (Å²) < 4.78 is 6.77. The molecule has 0 bridgehead atoms. The molecule has 2 aliphatic heterocycles. The van der Waals surface area contributed by atoms with Gasteiger partial charge in [-0.2, -0.15) is 9.48 Å². The van der Waals surface area contributed by atoms with Crippen molar-refractivity contribution in [1.82, 2.24) is 4.90 Å². The lowest BCUT2D eigenvalue weighted by atomic mass is 9.99. The largest absolute Gasteiger partial charge is 0.497 e. The van der Waals surface area contributed by atoms with Gasteiger partial charge in [0.25, 0.3) is 11.7 Å². The monoisotopic (exact) mass is 412 g/mol. The lowest BCUT2D eigenvalue weighted by Gasteiger charge is -2.28. The Hall–Kier alpha value is -3.82. The molecule has 0 spiro atoms. The van der Waals surface area contributed by atoms with E-state index < -0.39 is 30.3 Å². The number of nitrogens with one attached hydrogen (secondary N) is 2. The van der Waals surface area contributed by atoms with Crippen molar-refractivity contribution in [2.75, 3.05) is 30.8 Å². The van der Waals surface area contributed by atoms with Crippen molar-refractivity contribution in [2.45, 2.75) is 13.8 Å². The smallest absolute Gasteiger partial charge is 0.446 e. The number of anilines is 2. The van der Waals surface area contributed by atoms with Crippen LogP contribution in [0.2, 0.25) is 0 Å². The number of dihydropyridines is 1. The zero-order chi connectivity index (χ0) is 21.8. The van der Waals surface area contributed by atoms with Crippen LogP contribution in [0.5, 0.6) is 0 Å². The van der Waals surface area contributed by atoms with E-state index in [1.165, 1.54) is 24.8 Å². The summed E-state index contributed by atoms with van der Waals surface area (Å²) in [6.45, 7) is 3.08. The van der Waals surface area contributed by atoms with Crippen molar-refractivity contribution in [3.8, 4) is 0 Å². The molecule has 30 heavy (non-hydrogen) atoms. The van der Waals surface area contributed by atoms with E-state index in [1.807, 2.05) is 0 Å². The summed E-state index contributed by atoms with van der Waals surface area (Å²) >= 11 is 0. The molecule has 156 valence electrons. The highest BCUT2D eigenvalue weighted by Gasteiger charge is 2.50. The molecule has 0 fully saturated rings. The molecule has 0 saturated heterocycles. The average molecular weight is 412 g/mol. The molecular weight excluding hydrogens is 390 g/mol. The molecule has 1 atom stereocenters. The Morgan fingerprint density at radius 2 is 1.80 bits per heavy atom. The van der Waals surface area contributed by atoms with Gasteiger partial charge in [0.1, 0.15) is 12.0 Å². The SMILES string of the molecule is CCOC1=CC=NC2=[N+](C)C(=O)N(CC(=O)Nc3ccc(NC(C)=O)cc3)C(=O)C12. The Bertz CT molecular complexity index is 993. The number of aliphatic imine (C=N–C) groups is 1. The zero-order valence-corrected chi connectivity index (χ0v) is 16.8. The van der Waals surface area contributed by atoms with E-state index in [-0.39, 0.29) is 11.7 Å². The van der Waals surface area contributed by atoms with E-state index in [0.29, 0.717) is 23.7 Å². The third-order valence-electron chi connectivity index (χ3n) is 4.46. The fraction of sp³-hybridized carbons (Fsp3) is 0.300. The molecule has 1 aromatic carbocycles. The molecule has 2 heterocycles. The number of nitrogens with zero attached hydrogens (tertiary/aromatic N) is 3. The number of imide groups is 1. The van der Waals surface area contributed by atoms with Gasteiger partial charge in [0.2, 0.25) is 5.91 Å². The average Bonchev–Trinajstić information content (AvgIpc) is 2.71. The molecule has 0 saturated carbocycles. The minimum Gasteiger partial charge on any atom is -0.497 e. The molecule has 3 rings (SSSR count). The van der Waals surface area contributed by atoms with Crippen LogP contribution >= 0.6 is 0 Å². The third kappa shape index (κ3) is 4.27. The number of ether oxygens (including phenoxy) is 1. The molecule has 5 amide bonds. The van der Waals surface area contributed by atoms with E-state index in [4.69, 9.17) is 4.74 Å². The maximum atomic E-state index is 13.0. The summed E-state index contributed by atoms with van der Waals surface area (Å²) in [5, 5.41) is 5.26.